The number of carbonyl (C=O) groups is 1. The molecule has 4 nitrogen and oxygen atoms in total. The van der Waals surface area contributed by atoms with Crippen LogP contribution in [0.5, 0.6) is 5.75 Å². The Kier molecular flexibility index (Phi) is 5.21. The molecule has 0 spiro atoms. The van der Waals surface area contributed by atoms with E-state index in [-0.39, 0.29) is 5.91 Å². The first kappa shape index (κ1) is 14.9. The normalized spacial score (nSPS) is 10.1. The maximum atomic E-state index is 12.1. The predicted octanol–water partition coefficient (Wildman–Crippen LogP) is 2.70. The lowest BCUT2D eigenvalue weighted by atomic mass is 10.1. The molecule has 0 aliphatic rings. The van der Waals surface area contributed by atoms with E-state index in [1.54, 1.807) is 11.9 Å². The average molecular weight is 284 g/mol. The molecule has 2 rings (SSSR count). The fourth-order valence-electron chi connectivity index (χ4n) is 1.99. The molecule has 0 bridgehead atoms. The van der Waals surface area contributed by atoms with Crippen molar-refractivity contribution in [2.24, 2.45) is 0 Å². The zero-order chi connectivity index (χ0) is 15.1. The molecule has 4 heteroatoms. The Morgan fingerprint density at radius 3 is 2.48 bits per heavy atom. The van der Waals surface area contributed by atoms with E-state index in [1.165, 1.54) is 0 Å². The highest BCUT2D eigenvalue weighted by Crippen LogP contribution is 2.13. The molecule has 0 saturated carbocycles. The van der Waals surface area contributed by atoms with Crippen LogP contribution in [0.1, 0.15) is 12.0 Å². The second-order valence-corrected chi connectivity index (χ2v) is 4.86. The van der Waals surface area contributed by atoms with Crippen LogP contribution in [0.4, 0.5) is 5.69 Å². The monoisotopic (exact) mass is 284 g/mol. The molecule has 0 fully saturated rings. The molecular weight excluding hydrogens is 264 g/mol. The number of nitrogens with two attached hydrogens (primary N) is 1. The molecule has 0 atom stereocenters. The minimum atomic E-state index is 0.0363. The van der Waals surface area contributed by atoms with Gasteiger partial charge in [0.2, 0.25) is 5.91 Å². The van der Waals surface area contributed by atoms with Gasteiger partial charge in [-0.2, -0.15) is 0 Å². The van der Waals surface area contributed by atoms with Gasteiger partial charge in [-0.1, -0.05) is 36.4 Å². The number of benzene rings is 2. The van der Waals surface area contributed by atoms with Crippen LogP contribution in [0.3, 0.4) is 0 Å². The second-order valence-electron chi connectivity index (χ2n) is 4.86. The van der Waals surface area contributed by atoms with Crippen molar-refractivity contribution in [1.82, 2.24) is 4.90 Å². The second kappa shape index (κ2) is 7.33. The smallest absolute Gasteiger partial charge is 0.226 e. The minimum absolute atomic E-state index is 0.0363. The van der Waals surface area contributed by atoms with Crippen molar-refractivity contribution in [3.8, 4) is 5.75 Å². The number of rotatable bonds is 6. The summed E-state index contributed by atoms with van der Waals surface area (Å²) in [7, 11) is 1.78. The molecular formula is C17H20N2O2. The number of anilines is 1. The molecule has 21 heavy (non-hydrogen) atoms. The number of para-hydroxylation sites is 2. The summed E-state index contributed by atoms with van der Waals surface area (Å²) < 4.78 is 5.53. The zero-order valence-electron chi connectivity index (χ0n) is 12.2. The molecule has 2 aromatic carbocycles. The molecule has 2 N–H and O–H groups in total. The quantitative estimate of drug-likeness (QED) is 0.830. The summed E-state index contributed by atoms with van der Waals surface area (Å²) >= 11 is 0. The van der Waals surface area contributed by atoms with Gasteiger partial charge in [-0.15, -0.1) is 0 Å². The highest BCUT2D eigenvalue weighted by Gasteiger charge is 2.10. The van der Waals surface area contributed by atoms with E-state index in [4.69, 9.17) is 10.5 Å². The number of hydrogen-bond donors (Lipinski definition) is 1. The first-order valence-electron chi connectivity index (χ1n) is 6.92. The number of amides is 1. The third-order valence-corrected chi connectivity index (χ3v) is 3.22. The number of nitrogen functional groups attached to an aromatic ring is 1. The number of ether oxygens (including phenoxy) is 1. The van der Waals surface area contributed by atoms with Gasteiger partial charge in [0.15, 0.2) is 0 Å². The molecule has 0 aromatic heterocycles. The molecule has 0 aliphatic carbocycles. The molecule has 0 saturated heterocycles. The lowest BCUT2D eigenvalue weighted by Gasteiger charge is -2.18. The first-order valence-corrected chi connectivity index (χ1v) is 6.92. The van der Waals surface area contributed by atoms with Crippen LogP contribution in [0.15, 0.2) is 54.6 Å². The van der Waals surface area contributed by atoms with Gasteiger partial charge in [-0.05, 0) is 23.8 Å². The topological polar surface area (TPSA) is 55.6 Å². The SMILES string of the molecule is CN(Cc1ccccc1N)C(=O)CCOc1ccccc1. The standard InChI is InChI=1S/C17H20N2O2/c1-19(13-14-7-5-6-10-16(14)18)17(20)11-12-21-15-8-3-2-4-9-15/h2-10H,11-13,18H2,1H3. The van der Waals surface area contributed by atoms with Crippen LogP contribution >= 0.6 is 0 Å². The van der Waals surface area contributed by atoms with Crippen molar-refractivity contribution in [2.45, 2.75) is 13.0 Å². The number of carbonyl (C=O) groups excluding carboxylic acids is 1. The van der Waals surface area contributed by atoms with Crippen LogP contribution in [0.25, 0.3) is 0 Å². The van der Waals surface area contributed by atoms with Gasteiger partial charge in [0.1, 0.15) is 5.75 Å². The van der Waals surface area contributed by atoms with Crippen LogP contribution < -0.4 is 10.5 Å². The Labute approximate surface area is 125 Å². The summed E-state index contributed by atoms with van der Waals surface area (Å²) in [5, 5.41) is 0. The predicted molar refractivity (Wildman–Crippen MR) is 83.9 cm³/mol. The Hall–Kier alpha value is -2.49. The minimum Gasteiger partial charge on any atom is -0.493 e. The average Bonchev–Trinajstić information content (AvgIpc) is 2.50. The third kappa shape index (κ3) is 4.53. The van der Waals surface area contributed by atoms with Gasteiger partial charge in [-0.25, -0.2) is 0 Å². The largest absolute Gasteiger partial charge is 0.493 e. The van der Waals surface area contributed by atoms with Crippen molar-refractivity contribution < 1.29 is 9.53 Å². The van der Waals surface area contributed by atoms with Crippen molar-refractivity contribution >= 4 is 11.6 Å². The summed E-state index contributed by atoms with van der Waals surface area (Å²) in [6.07, 6.45) is 0.345. The highest BCUT2D eigenvalue weighted by atomic mass is 16.5. The molecule has 2 aromatic rings. The van der Waals surface area contributed by atoms with E-state index in [0.29, 0.717) is 25.3 Å². The summed E-state index contributed by atoms with van der Waals surface area (Å²) in [4.78, 5) is 13.7. The van der Waals surface area contributed by atoms with Crippen molar-refractivity contribution in [1.29, 1.82) is 0 Å². The maximum absolute atomic E-state index is 12.1. The Morgan fingerprint density at radius 2 is 1.76 bits per heavy atom. The van der Waals surface area contributed by atoms with E-state index >= 15 is 0 Å². The number of hydrogen-bond acceptors (Lipinski definition) is 3. The van der Waals surface area contributed by atoms with E-state index in [0.717, 1.165) is 11.3 Å². The highest BCUT2D eigenvalue weighted by molar-refractivity contribution is 5.76. The van der Waals surface area contributed by atoms with Crippen LogP contribution in [-0.2, 0) is 11.3 Å². The van der Waals surface area contributed by atoms with Gasteiger partial charge >= 0.3 is 0 Å². The Balaban J connectivity index is 1.79. The van der Waals surface area contributed by atoms with Crippen molar-refractivity contribution in [2.75, 3.05) is 19.4 Å². The van der Waals surface area contributed by atoms with Crippen molar-refractivity contribution in [3.05, 3.63) is 60.2 Å². The van der Waals surface area contributed by atoms with Gasteiger partial charge in [0, 0.05) is 19.3 Å². The molecule has 0 aliphatic heterocycles. The fourth-order valence-corrected chi connectivity index (χ4v) is 1.99. The molecule has 0 unspecified atom stereocenters. The van der Waals surface area contributed by atoms with Crippen LogP contribution in [0, 0.1) is 0 Å². The van der Waals surface area contributed by atoms with Gasteiger partial charge in [0.05, 0.1) is 13.0 Å². The lowest BCUT2D eigenvalue weighted by molar-refractivity contribution is -0.130. The lowest BCUT2D eigenvalue weighted by Crippen LogP contribution is -2.27. The first-order chi connectivity index (χ1) is 10.2. The van der Waals surface area contributed by atoms with Gasteiger partial charge < -0.3 is 15.4 Å². The van der Waals surface area contributed by atoms with Gasteiger partial charge in [-0.3, -0.25) is 4.79 Å². The molecule has 0 heterocycles. The van der Waals surface area contributed by atoms with E-state index in [2.05, 4.69) is 0 Å². The summed E-state index contributed by atoms with van der Waals surface area (Å²) in [5.74, 6) is 0.814. The van der Waals surface area contributed by atoms with E-state index in [1.807, 2.05) is 54.6 Å². The summed E-state index contributed by atoms with van der Waals surface area (Å²) in [6, 6.07) is 17.1. The number of nitrogens with zero attached hydrogens (tertiary/aromatic N) is 1. The molecule has 110 valence electrons. The molecule has 0 radical (unpaired) electrons. The molecule has 1 amide bonds. The van der Waals surface area contributed by atoms with Crippen molar-refractivity contribution in [3.63, 3.8) is 0 Å². The zero-order valence-corrected chi connectivity index (χ0v) is 12.2. The fraction of sp³-hybridized carbons (Fsp3) is 0.235. The Morgan fingerprint density at radius 1 is 1.10 bits per heavy atom. The summed E-state index contributed by atoms with van der Waals surface area (Å²) in [5.41, 5.74) is 7.54. The Bertz CT molecular complexity index is 584. The van der Waals surface area contributed by atoms with E-state index in [9.17, 15) is 4.79 Å². The van der Waals surface area contributed by atoms with Crippen LogP contribution in [0.2, 0.25) is 0 Å². The summed E-state index contributed by atoms with van der Waals surface area (Å²) in [6.45, 7) is 0.883. The van der Waals surface area contributed by atoms with Gasteiger partial charge in [0.25, 0.3) is 0 Å². The van der Waals surface area contributed by atoms with E-state index < -0.39 is 0 Å². The third-order valence-electron chi connectivity index (χ3n) is 3.22. The van der Waals surface area contributed by atoms with Crippen LogP contribution in [-0.4, -0.2) is 24.5 Å². The maximum Gasteiger partial charge on any atom is 0.226 e.